The van der Waals surface area contributed by atoms with E-state index < -0.39 is 0 Å². The van der Waals surface area contributed by atoms with Gasteiger partial charge in [0.15, 0.2) is 0 Å². The van der Waals surface area contributed by atoms with Crippen LogP contribution < -0.4 is 10.1 Å². The maximum absolute atomic E-state index is 12.4. The number of benzene rings is 1. The lowest BCUT2D eigenvalue weighted by atomic mass is 10.1. The fourth-order valence-electron chi connectivity index (χ4n) is 2.96. The minimum atomic E-state index is -0.101. The van der Waals surface area contributed by atoms with Crippen LogP contribution in [-0.2, 0) is 11.2 Å². The summed E-state index contributed by atoms with van der Waals surface area (Å²) in [4.78, 5) is 16.6. The predicted octanol–water partition coefficient (Wildman–Crippen LogP) is 3.39. The number of hydrogen-bond donors (Lipinski definition) is 1. The molecule has 1 saturated heterocycles. The monoisotopic (exact) mass is 354 g/mol. The van der Waals surface area contributed by atoms with E-state index in [0.717, 1.165) is 38.9 Å². The van der Waals surface area contributed by atoms with E-state index in [2.05, 4.69) is 22.4 Å². The SMILES string of the molecule is CC(CCc1ccccc1)NC(=O)c1ccc(OC2CCOCC2)nc1. The number of rotatable bonds is 7. The first-order valence-corrected chi connectivity index (χ1v) is 9.26. The number of nitrogens with one attached hydrogen (secondary N) is 1. The van der Waals surface area contributed by atoms with Gasteiger partial charge < -0.3 is 14.8 Å². The molecule has 1 aromatic heterocycles. The molecular weight excluding hydrogens is 328 g/mol. The Morgan fingerprint density at radius 1 is 1.23 bits per heavy atom. The Bertz CT molecular complexity index is 682. The summed E-state index contributed by atoms with van der Waals surface area (Å²) in [6.45, 7) is 3.48. The number of hydrogen-bond acceptors (Lipinski definition) is 4. The molecule has 0 bridgehead atoms. The smallest absolute Gasteiger partial charge is 0.253 e. The molecule has 26 heavy (non-hydrogen) atoms. The minimum absolute atomic E-state index is 0.0980. The van der Waals surface area contributed by atoms with Crippen LogP contribution in [-0.4, -0.2) is 36.3 Å². The van der Waals surface area contributed by atoms with Crippen LogP contribution in [0, 0.1) is 0 Å². The van der Waals surface area contributed by atoms with Gasteiger partial charge in [-0.15, -0.1) is 0 Å². The summed E-state index contributed by atoms with van der Waals surface area (Å²) in [6, 6.07) is 13.9. The molecular formula is C21H26N2O3. The van der Waals surface area contributed by atoms with Crippen LogP contribution in [0.3, 0.4) is 0 Å². The second-order valence-electron chi connectivity index (χ2n) is 6.71. The highest BCUT2D eigenvalue weighted by molar-refractivity contribution is 5.94. The fourth-order valence-corrected chi connectivity index (χ4v) is 2.96. The number of ether oxygens (including phenoxy) is 2. The number of aryl methyl sites for hydroxylation is 1. The Kier molecular flexibility index (Phi) is 6.61. The first kappa shape index (κ1) is 18.4. The lowest BCUT2D eigenvalue weighted by Crippen LogP contribution is -2.33. The fraction of sp³-hybridized carbons (Fsp3) is 0.429. The van der Waals surface area contributed by atoms with Gasteiger partial charge in [0.25, 0.3) is 5.91 Å². The first-order valence-electron chi connectivity index (χ1n) is 9.26. The summed E-state index contributed by atoms with van der Waals surface area (Å²) in [5.74, 6) is 0.459. The largest absolute Gasteiger partial charge is 0.474 e. The number of carbonyl (C=O) groups excluding carboxylic acids is 1. The van der Waals surface area contributed by atoms with Crippen molar-refractivity contribution in [2.75, 3.05) is 13.2 Å². The summed E-state index contributed by atoms with van der Waals surface area (Å²) in [5, 5.41) is 3.03. The molecule has 1 aromatic carbocycles. The Morgan fingerprint density at radius 3 is 2.69 bits per heavy atom. The molecule has 138 valence electrons. The van der Waals surface area contributed by atoms with E-state index in [-0.39, 0.29) is 18.1 Å². The van der Waals surface area contributed by atoms with Crippen molar-refractivity contribution in [2.24, 2.45) is 0 Å². The van der Waals surface area contributed by atoms with Crippen molar-refractivity contribution >= 4 is 5.91 Å². The molecule has 5 nitrogen and oxygen atoms in total. The second kappa shape index (κ2) is 9.34. The summed E-state index contributed by atoms with van der Waals surface area (Å²) in [5.41, 5.74) is 1.83. The molecule has 1 fully saturated rings. The third kappa shape index (κ3) is 5.56. The Morgan fingerprint density at radius 2 is 2.00 bits per heavy atom. The van der Waals surface area contributed by atoms with Crippen LogP contribution in [0.2, 0.25) is 0 Å². The normalized spacial score (nSPS) is 16.0. The van der Waals surface area contributed by atoms with Gasteiger partial charge in [-0.1, -0.05) is 30.3 Å². The van der Waals surface area contributed by atoms with Crippen LogP contribution >= 0.6 is 0 Å². The van der Waals surface area contributed by atoms with Crippen LogP contribution in [0.1, 0.15) is 42.1 Å². The average molecular weight is 354 g/mol. The molecule has 1 unspecified atom stereocenters. The Hall–Kier alpha value is -2.40. The summed E-state index contributed by atoms with van der Waals surface area (Å²) < 4.78 is 11.2. The van der Waals surface area contributed by atoms with E-state index in [4.69, 9.17) is 9.47 Å². The molecule has 3 rings (SSSR count). The van der Waals surface area contributed by atoms with Gasteiger partial charge in [-0.05, 0) is 31.4 Å². The average Bonchev–Trinajstić information content (AvgIpc) is 2.68. The quantitative estimate of drug-likeness (QED) is 0.828. The molecule has 2 heterocycles. The van der Waals surface area contributed by atoms with E-state index in [1.54, 1.807) is 18.3 Å². The van der Waals surface area contributed by atoms with Crippen molar-refractivity contribution in [3.05, 3.63) is 59.8 Å². The first-order chi connectivity index (χ1) is 12.7. The summed E-state index contributed by atoms with van der Waals surface area (Å²) >= 11 is 0. The van der Waals surface area contributed by atoms with Gasteiger partial charge in [0.2, 0.25) is 5.88 Å². The lowest BCUT2D eigenvalue weighted by Gasteiger charge is -2.22. The molecule has 1 N–H and O–H groups in total. The van der Waals surface area contributed by atoms with Gasteiger partial charge in [0, 0.05) is 31.1 Å². The number of amides is 1. The van der Waals surface area contributed by atoms with E-state index in [9.17, 15) is 4.79 Å². The van der Waals surface area contributed by atoms with Crippen molar-refractivity contribution in [1.29, 1.82) is 0 Å². The number of aromatic nitrogens is 1. The zero-order chi connectivity index (χ0) is 18.2. The minimum Gasteiger partial charge on any atom is -0.474 e. The van der Waals surface area contributed by atoms with Crippen molar-refractivity contribution in [1.82, 2.24) is 10.3 Å². The van der Waals surface area contributed by atoms with Crippen LogP contribution in [0.4, 0.5) is 0 Å². The highest BCUT2D eigenvalue weighted by Gasteiger charge is 2.16. The molecule has 5 heteroatoms. The molecule has 0 aliphatic carbocycles. The van der Waals surface area contributed by atoms with Gasteiger partial charge in [0.05, 0.1) is 18.8 Å². The molecule has 1 aliphatic rings. The van der Waals surface area contributed by atoms with Crippen LogP contribution in [0.15, 0.2) is 48.7 Å². The number of carbonyl (C=O) groups is 1. The van der Waals surface area contributed by atoms with Crippen LogP contribution in [0.25, 0.3) is 0 Å². The molecule has 1 amide bonds. The maximum atomic E-state index is 12.4. The molecule has 1 aliphatic heterocycles. The maximum Gasteiger partial charge on any atom is 0.253 e. The van der Waals surface area contributed by atoms with Gasteiger partial charge in [-0.2, -0.15) is 0 Å². The molecule has 0 saturated carbocycles. The van der Waals surface area contributed by atoms with Gasteiger partial charge in [-0.3, -0.25) is 4.79 Å². The van der Waals surface area contributed by atoms with E-state index in [1.165, 1.54) is 5.56 Å². The van der Waals surface area contributed by atoms with Gasteiger partial charge >= 0.3 is 0 Å². The third-order valence-corrected chi connectivity index (χ3v) is 4.54. The number of nitrogens with zero attached hydrogens (tertiary/aromatic N) is 1. The zero-order valence-electron chi connectivity index (χ0n) is 15.2. The van der Waals surface area contributed by atoms with E-state index in [0.29, 0.717) is 11.4 Å². The lowest BCUT2D eigenvalue weighted by molar-refractivity contribution is 0.0237. The summed E-state index contributed by atoms with van der Waals surface area (Å²) in [7, 11) is 0. The predicted molar refractivity (Wildman–Crippen MR) is 100 cm³/mol. The highest BCUT2D eigenvalue weighted by Crippen LogP contribution is 2.16. The highest BCUT2D eigenvalue weighted by atomic mass is 16.5. The Balaban J connectivity index is 1.46. The van der Waals surface area contributed by atoms with Crippen molar-refractivity contribution < 1.29 is 14.3 Å². The molecule has 0 spiro atoms. The van der Waals surface area contributed by atoms with Crippen molar-refractivity contribution in [2.45, 2.75) is 44.8 Å². The summed E-state index contributed by atoms with van der Waals surface area (Å²) in [6.07, 6.45) is 5.32. The zero-order valence-corrected chi connectivity index (χ0v) is 15.2. The van der Waals surface area contributed by atoms with Gasteiger partial charge in [-0.25, -0.2) is 4.98 Å². The standard InChI is InChI=1S/C21H26N2O3/c1-16(7-8-17-5-3-2-4-6-17)23-21(24)18-9-10-20(22-15-18)26-19-11-13-25-14-12-19/h2-6,9-10,15-16,19H,7-8,11-14H2,1H3,(H,23,24). The van der Waals surface area contributed by atoms with Crippen LogP contribution in [0.5, 0.6) is 5.88 Å². The second-order valence-corrected chi connectivity index (χ2v) is 6.71. The topological polar surface area (TPSA) is 60.5 Å². The molecule has 1 atom stereocenters. The molecule has 0 radical (unpaired) electrons. The van der Waals surface area contributed by atoms with E-state index in [1.807, 2.05) is 25.1 Å². The third-order valence-electron chi connectivity index (χ3n) is 4.54. The van der Waals surface area contributed by atoms with Crippen molar-refractivity contribution in [3.8, 4) is 5.88 Å². The van der Waals surface area contributed by atoms with Gasteiger partial charge in [0.1, 0.15) is 6.10 Å². The Labute approximate surface area is 154 Å². The molecule has 2 aromatic rings. The van der Waals surface area contributed by atoms with Crippen molar-refractivity contribution in [3.63, 3.8) is 0 Å². The number of pyridine rings is 1. The van der Waals surface area contributed by atoms with E-state index >= 15 is 0 Å².